The molecule has 0 saturated heterocycles. The number of anilines is 1. The summed E-state index contributed by atoms with van der Waals surface area (Å²) in [7, 11) is 1.32. The van der Waals surface area contributed by atoms with E-state index in [1.54, 1.807) is 24.3 Å². The second-order valence-electron chi connectivity index (χ2n) is 7.11. The number of carbonyl (C=O) groups excluding carboxylic acids is 3. The summed E-state index contributed by atoms with van der Waals surface area (Å²) in [5, 5.41) is 5.75. The third-order valence-electron chi connectivity index (χ3n) is 5.01. The molecule has 0 bridgehead atoms. The van der Waals surface area contributed by atoms with Crippen LogP contribution < -0.4 is 10.6 Å². The molecule has 1 fully saturated rings. The summed E-state index contributed by atoms with van der Waals surface area (Å²) in [6.07, 6.45) is 4.65. The minimum absolute atomic E-state index is 0.199. The number of aromatic nitrogens is 2. The van der Waals surface area contributed by atoms with E-state index < -0.39 is 5.97 Å². The summed E-state index contributed by atoms with van der Waals surface area (Å²) in [4.78, 5) is 41.3. The van der Waals surface area contributed by atoms with Gasteiger partial charge >= 0.3 is 5.97 Å². The first-order valence-electron chi connectivity index (χ1n) is 9.47. The van der Waals surface area contributed by atoms with Gasteiger partial charge in [0, 0.05) is 18.3 Å². The third-order valence-corrected chi connectivity index (χ3v) is 5.01. The van der Waals surface area contributed by atoms with Crippen molar-refractivity contribution in [3.8, 4) is 0 Å². The van der Waals surface area contributed by atoms with Gasteiger partial charge in [-0.15, -0.1) is 0 Å². The quantitative estimate of drug-likeness (QED) is 0.772. The van der Waals surface area contributed by atoms with Gasteiger partial charge in [0.2, 0.25) is 0 Å². The molecule has 1 aromatic carbocycles. The highest BCUT2D eigenvalue weighted by molar-refractivity contribution is 6.04. The average molecular weight is 382 g/mol. The number of ether oxygens (including phenoxy) is 1. The van der Waals surface area contributed by atoms with Gasteiger partial charge in [-0.1, -0.05) is 0 Å². The molecular weight excluding hydrogens is 360 g/mol. The van der Waals surface area contributed by atoms with Crippen LogP contribution >= 0.6 is 0 Å². The second kappa shape index (κ2) is 7.46. The highest BCUT2D eigenvalue weighted by Crippen LogP contribution is 2.24. The Morgan fingerprint density at radius 3 is 2.54 bits per heavy atom. The Bertz CT molecular complexity index is 928. The Hall–Kier alpha value is -3.16. The molecule has 2 N–H and O–H groups in total. The van der Waals surface area contributed by atoms with Crippen molar-refractivity contribution in [3.63, 3.8) is 0 Å². The molecule has 2 aromatic rings. The number of benzene rings is 1. The number of carbonyl (C=O) groups is 3. The van der Waals surface area contributed by atoms with Gasteiger partial charge in [0.15, 0.2) is 5.82 Å². The monoisotopic (exact) mass is 382 g/mol. The van der Waals surface area contributed by atoms with E-state index in [4.69, 9.17) is 0 Å². The maximum atomic E-state index is 12.8. The van der Waals surface area contributed by atoms with Crippen molar-refractivity contribution in [1.29, 1.82) is 0 Å². The van der Waals surface area contributed by atoms with E-state index in [1.165, 1.54) is 7.11 Å². The number of esters is 1. The van der Waals surface area contributed by atoms with Gasteiger partial charge in [-0.2, -0.15) is 0 Å². The number of hydrogen-bond donors (Lipinski definition) is 2. The van der Waals surface area contributed by atoms with Crippen molar-refractivity contribution >= 4 is 23.5 Å². The summed E-state index contributed by atoms with van der Waals surface area (Å²) >= 11 is 0. The lowest BCUT2D eigenvalue weighted by Crippen LogP contribution is -2.27. The first kappa shape index (κ1) is 18.2. The Balaban J connectivity index is 1.56. The van der Waals surface area contributed by atoms with Crippen molar-refractivity contribution in [3.05, 3.63) is 47.0 Å². The van der Waals surface area contributed by atoms with Gasteiger partial charge in [-0.3, -0.25) is 9.59 Å². The van der Waals surface area contributed by atoms with Crippen molar-refractivity contribution in [1.82, 2.24) is 14.9 Å². The largest absolute Gasteiger partial charge is 0.465 e. The number of amides is 2. The Morgan fingerprint density at radius 2 is 1.86 bits per heavy atom. The molecule has 0 spiro atoms. The zero-order chi connectivity index (χ0) is 19.7. The number of imidazole rings is 1. The number of methoxy groups -OCH3 is 1. The van der Waals surface area contributed by atoms with E-state index in [2.05, 4.69) is 20.4 Å². The molecule has 8 nitrogen and oxygen atoms in total. The molecule has 1 saturated carbocycles. The standard InChI is InChI=1S/C20H22N4O4/c1-28-20(27)12-5-7-13(8-6-12)22-19(26)17-23-16(18(25)21-14-9-10-14)15-4-2-3-11-24(15)17/h5-8,14H,2-4,9-11H2,1H3,(H,21,25)(H,22,26). The topological polar surface area (TPSA) is 102 Å². The molecule has 0 unspecified atom stereocenters. The molecular formula is C20H22N4O4. The molecule has 146 valence electrons. The summed E-state index contributed by atoms with van der Waals surface area (Å²) in [6, 6.07) is 6.66. The van der Waals surface area contributed by atoms with E-state index in [9.17, 15) is 14.4 Å². The van der Waals surface area contributed by atoms with Crippen LogP contribution in [0.1, 0.15) is 62.8 Å². The summed E-state index contributed by atoms with van der Waals surface area (Å²) < 4.78 is 6.52. The fourth-order valence-corrected chi connectivity index (χ4v) is 3.37. The SMILES string of the molecule is COC(=O)c1ccc(NC(=O)c2nc(C(=O)NC3CC3)c3n2CCCC3)cc1. The van der Waals surface area contributed by atoms with Gasteiger partial charge in [-0.25, -0.2) is 9.78 Å². The minimum Gasteiger partial charge on any atom is -0.465 e. The highest BCUT2D eigenvalue weighted by Gasteiger charge is 2.30. The predicted molar refractivity (Wildman–Crippen MR) is 101 cm³/mol. The number of fused-ring (bicyclic) bond motifs is 1. The van der Waals surface area contributed by atoms with E-state index in [1.807, 2.05) is 4.57 Å². The van der Waals surface area contributed by atoms with Crippen LogP contribution in [0.3, 0.4) is 0 Å². The van der Waals surface area contributed by atoms with Crippen LogP contribution in [-0.2, 0) is 17.7 Å². The normalized spacial score (nSPS) is 15.5. The van der Waals surface area contributed by atoms with Gasteiger partial charge in [0.05, 0.1) is 18.4 Å². The van der Waals surface area contributed by atoms with E-state index in [0.717, 1.165) is 37.8 Å². The smallest absolute Gasteiger partial charge is 0.337 e. The molecule has 0 radical (unpaired) electrons. The molecule has 1 aromatic heterocycles. The van der Waals surface area contributed by atoms with Crippen LogP contribution in [0.2, 0.25) is 0 Å². The minimum atomic E-state index is -0.438. The van der Waals surface area contributed by atoms with Crippen molar-refractivity contribution < 1.29 is 19.1 Å². The van der Waals surface area contributed by atoms with Crippen LogP contribution in [0.5, 0.6) is 0 Å². The molecule has 0 atom stereocenters. The van der Waals surface area contributed by atoms with E-state index in [0.29, 0.717) is 23.5 Å². The number of hydrogen-bond acceptors (Lipinski definition) is 5. The van der Waals surface area contributed by atoms with E-state index in [-0.39, 0.29) is 23.7 Å². The lowest BCUT2D eigenvalue weighted by Gasteiger charge is -2.17. The molecule has 2 amide bonds. The maximum absolute atomic E-state index is 12.8. The van der Waals surface area contributed by atoms with Crippen molar-refractivity contribution in [2.24, 2.45) is 0 Å². The number of nitrogens with zero attached hydrogens (tertiary/aromatic N) is 2. The predicted octanol–water partition coefficient (Wildman–Crippen LogP) is 2.15. The van der Waals surface area contributed by atoms with Crippen LogP contribution in [0.25, 0.3) is 0 Å². The first-order valence-corrected chi connectivity index (χ1v) is 9.47. The molecule has 1 aliphatic heterocycles. The zero-order valence-corrected chi connectivity index (χ0v) is 15.7. The van der Waals surface area contributed by atoms with Crippen molar-refractivity contribution in [2.75, 3.05) is 12.4 Å². The first-order chi connectivity index (χ1) is 13.6. The van der Waals surface area contributed by atoms with E-state index >= 15 is 0 Å². The molecule has 4 rings (SSSR count). The Labute approximate surface area is 162 Å². The van der Waals surface area contributed by atoms with Crippen LogP contribution in [0.15, 0.2) is 24.3 Å². The molecule has 8 heteroatoms. The van der Waals surface area contributed by atoms with Crippen LogP contribution in [0.4, 0.5) is 5.69 Å². The van der Waals surface area contributed by atoms with Gasteiger partial charge in [-0.05, 0) is 56.4 Å². The van der Waals surface area contributed by atoms with Crippen LogP contribution in [-0.4, -0.2) is 40.5 Å². The molecule has 2 heterocycles. The van der Waals surface area contributed by atoms with Crippen LogP contribution in [0, 0.1) is 0 Å². The second-order valence-corrected chi connectivity index (χ2v) is 7.11. The maximum Gasteiger partial charge on any atom is 0.337 e. The van der Waals surface area contributed by atoms with Gasteiger partial charge < -0.3 is 19.9 Å². The molecule has 28 heavy (non-hydrogen) atoms. The lowest BCUT2D eigenvalue weighted by molar-refractivity contribution is 0.0600. The fraction of sp³-hybridized carbons (Fsp3) is 0.400. The van der Waals surface area contributed by atoms with Gasteiger partial charge in [0.1, 0.15) is 5.69 Å². The van der Waals surface area contributed by atoms with Crippen molar-refractivity contribution in [2.45, 2.75) is 44.7 Å². The highest BCUT2D eigenvalue weighted by atomic mass is 16.5. The number of rotatable bonds is 5. The van der Waals surface area contributed by atoms with Gasteiger partial charge in [0.25, 0.3) is 11.8 Å². The molecule has 2 aliphatic rings. The third kappa shape index (κ3) is 3.62. The fourth-order valence-electron chi connectivity index (χ4n) is 3.37. The zero-order valence-electron chi connectivity index (χ0n) is 15.7. The number of nitrogens with one attached hydrogen (secondary N) is 2. The summed E-state index contributed by atoms with van der Waals surface area (Å²) in [5.41, 5.74) is 2.13. The average Bonchev–Trinajstić information content (AvgIpc) is 3.44. The Morgan fingerprint density at radius 1 is 1.11 bits per heavy atom. The lowest BCUT2D eigenvalue weighted by atomic mass is 10.1. The Kier molecular flexibility index (Phi) is 4.85. The summed E-state index contributed by atoms with van der Waals surface area (Å²) in [5.74, 6) is -0.770. The summed E-state index contributed by atoms with van der Waals surface area (Å²) in [6.45, 7) is 0.670. The molecule has 1 aliphatic carbocycles.